The monoisotopic (exact) mass is 326 g/mol. The lowest BCUT2D eigenvalue weighted by molar-refractivity contribution is -0.136. The van der Waals surface area contributed by atoms with Crippen molar-refractivity contribution in [2.45, 2.75) is 46.3 Å². The van der Waals surface area contributed by atoms with Crippen molar-refractivity contribution in [2.24, 2.45) is 11.7 Å². The summed E-state index contributed by atoms with van der Waals surface area (Å²) in [5.74, 6) is 0.161. The first-order chi connectivity index (χ1) is 8.84. The first-order valence-electron chi connectivity index (χ1n) is 6.64. The van der Waals surface area contributed by atoms with Gasteiger partial charge in [0.05, 0.1) is 6.04 Å². The van der Waals surface area contributed by atoms with Crippen LogP contribution >= 0.6 is 15.9 Å². The molecule has 4 heteroatoms. The van der Waals surface area contributed by atoms with E-state index in [1.54, 1.807) is 0 Å². The number of nitrogens with zero attached hydrogens (tertiary/aromatic N) is 1. The molecular formula is C15H23BrN2O. The largest absolute Gasteiger partial charge is 0.335 e. The Balaban J connectivity index is 2.91. The van der Waals surface area contributed by atoms with Crippen molar-refractivity contribution >= 4 is 21.8 Å². The highest BCUT2D eigenvalue weighted by molar-refractivity contribution is 9.10. The minimum absolute atomic E-state index is 0.0146. The van der Waals surface area contributed by atoms with Crippen LogP contribution in [0.5, 0.6) is 0 Å². The molecule has 1 amide bonds. The maximum absolute atomic E-state index is 12.4. The number of benzene rings is 1. The molecule has 0 spiro atoms. The summed E-state index contributed by atoms with van der Waals surface area (Å²) in [6.45, 7) is 8.56. The van der Waals surface area contributed by atoms with Gasteiger partial charge in [0.2, 0.25) is 5.91 Å². The highest BCUT2D eigenvalue weighted by Crippen LogP contribution is 2.20. The number of carbonyl (C=O) groups excluding carboxylic acids is 1. The molecule has 0 aliphatic carbocycles. The van der Waals surface area contributed by atoms with Crippen molar-refractivity contribution in [2.75, 3.05) is 0 Å². The average molecular weight is 327 g/mol. The van der Waals surface area contributed by atoms with E-state index in [4.69, 9.17) is 5.73 Å². The Bertz CT molecular complexity index is 432. The second kappa shape index (κ2) is 7.06. The van der Waals surface area contributed by atoms with Gasteiger partial charge in [-0.25, -0.2) is 0 Å². The molecule has 0 fully saturated rings. The molecular weight excluding hydrogens is 304 g/mol. The number of carbonyl (C=O) groups is 1. The lowest BCUT2D eigenvalue weighted by atomic mass is 10.0. The molecule has 0 aromatic heterocycles. The fraction of sp³-hybridized carbons (Fsp3) is 0.533. The minimum atomic E-state index is -0.440. The quantitative estimate of drug-likeness (QED) is 0.903. The highest BCUT2D eigenvalue weighted by atomic mass is 79.9. The number of hydrogen-bond donors (Lipinski definition) is 1. The molecule has 0 saturated heterocycles. The van der Waals surface area contributed by atoms with Crippen LogP contribution in [0, 0.1) is 5.92 Å². The first-order valence-corrected chi connectivity index (χ1v) is 7.43. The Labute approximate surface area is 124 Å². The molecule has 1 atom stereocenters. The smallest absolute Gasteiger partial charge is 0.240 e. The van der Waals surface area contributed by atoms with E-state index in [9.17, 15) is 4.79 Å². The second-order valence-corrected chi connectivity index (χ2v) is 6.28. The molecule has 19 heavy (non-hydrogen) atoms. The van der Waals surface area contributed by atoms with Gasteiger partial charge in [0.15, 0.2) is 0 Å². The fourth-order valence-electron chi connectivity index (χ4n) is 1.80. The fourth-order valence-corrected chi connectivity index (χ4v) is 2.21. The molecule has 106 valence electrons. The van der Waals surface area contributed by atoms with Gasteiger partial charge in [-0.1, -0.05) is 48.0 Å². The van der Waals surface area contributed by atoms with Gasteiger partial charge in [-0.15, -0.1) is 0 Å². The van der Waals surface area contributed by atoms with Gasteiger partial charge in [-0.2, -0.15) is 0 Å². The van der Waals surface area contributed by atoms with Gasteiger partial charge in [-0.3, -0.25) is 4.79 Å². The number of hydrogen-bond acceptors (Lipinski definition) is 2. The third kappa shape index (κ3) is 4.32. The molecule has 0 aliphatic heterocycles. The van der Waals surface area contributed by atoms with Gasteiger partial charge in [-0.05, 0) is 31.4 Å². The van der Waals surface area contributed by atoms with Crippen LogP contribution in [0.25, 0.3) is 0 Å². The molecule has 0 radical (unpaired) electrons. The first kappa shape index (κ1) is 16.2. The maximum atomic E-state index is 12.4. The summed E-state index contributed by atoms with van der Waals surface area (Å²) in [5, 5.41) is 0. The Hall–Kier alpha value is -0.870. The van der Waals surface area contributed by atoms with E-state index in [1.165, 1.54) is 0 Å². The SMILES string of the molecule is CC(C)[C@H](N)C(=O)N(Cc1ccccc1Br)C(C)C. The van der Waals surface area contributed by atoms with E-state index in [0.717, 1.165) is 10.0 Å². The number of halogens is 1. The van der Waals surface area contributed by atoms with E-state index < -0.39 is 6.04 Å². The molecule has 1 aromatic carbocycles. The van der Waals surface area contributed by atoms with Gasteiger partial charge in [0.25, 0.3) is 0 Å². The van der Waals surface area contributed by atoms with E-state index in [1.807, 2.05) is 56.9 Å². The van der Waals surface area contributed by atoms with Crippen LogP contribution in [0.4, 0.5) is 0 Å². The second-order valence-electron chi connectivity index (χ2n) is 5.42. The van der Waals surface area contributed by atoms with Crippen LogP contribution in [-0.4, -0.2) is 22.9 Å². The van der Waals surface area contributed by atoms with E-state index >= 15 is 0 Å². The normalized spacial score (nSPS) is 12.8. The topological polar surface area (TPSA) is 46.3 Å². The maximum Gasteiger partial charge on any atom is 0.240 e. The molecule has 1 aromatic rings. The van der Waals surface area contributed by atoms with Gasteiger partial charge in [0, 0.05) is 17.1 Å². The third-order valence-electron chi connectivity index (χ3n) is 3.21. The zero-order valence-electron chi connectivity index (χ0n) is 12.1. The predicted molar refractivity (Wildman–Crippen MR) is 82.6 cm³/mol. The van der Waals surface area contributed by atoms with Crippen LogP contribution in [0.2, 0.25) is 0 Å². The molecule has 0 unspecified atom stereocenters. The standard InChI is InChI=1S/C15H23BrN2O/c1-10(2)14(17)15(19)18(11(3)4)9-12-7-5-6-8-13(12)16/h5-8,10-11,14H,9,17H2,1-4H3/t14-/m0/s1. The minimum Gasteiger partial charge on any atom is -0.335 e. The molecule has 2 N–H and O–H groups in total. The molecule has 3 nitrogen and oxygen atoms in total. The number of nitrogens with two attached hydrogens (primary N) is 1. The molecule has 0 bridgehead atoms. The predicted octanol–water partition coefficient (Wildman–Crippen LogP) is 3.17. The summed E-state index contributed by atoms with van der Waals surface area (Å²) in [6.07, 6.45) is 0. The summed E-state index contributed by atoms with van der Waals surface area (Å²) in [7, 11) is 0. The zero-order valence-corrected chi connectivity index (χ0v) is 13.6. The van der Waals surface area contributed by atoms with Gasteiger partial charge >= 0.3 is 0 Å². The van der Waals surface area contributed by atoms with E-state index in [0.29, 0.717) is 6.54 Å². The van der Waals surface area contributed by atoms with Crippen molar-refractivity contribution in [3.8, 4) is 0 Å². The Kier molecular flexibility index (Phi) is 6.01. The van der Waals surface area contributed by atoms with Crippen LogP contribution in [0.15, 0.2) is 28.7 Å². The Morgan fingerprint density at radius 3 is 2.32 bits per heavy atom. The summed E-state index contributed by atoms with van der Waals surface area (Å²) in [5.41, 5.74) is 7.09. The van der Waals surface area contributed by atoms with Crippen LogP contribution in [0.1, 0.15) is 33.3 Å². The highest BCUT2D eigenvalue weighted by Gasteiger charge is 2.25. The summed E-state index contributed by atoms with van der Waals surface area (Å²) in [4.78, 5) is 14.3. The molecule has 0 saturated carbocycles. The van der Waals surface area contributed by atoms with E-state index in [-0.39, 0.29) is 17.9 Å². The van der Waals surface area contributed by atoms with Gasteiger partial charge < -0.3 is 10.6 Å². The van der Waals surface area contributed by atoms with E-state index in [2.05, 4.69) is 15.9 Å². The molecule has 0 heterocycles. The summed E-state index contributed by atoms with van der Waals surface area (Å²) < 4.78 is 1.02. The van der Waals surface area contributed by atoms with Crippen molar-refractivity contribution in [1.82, 2.24) is 4.90 Å². The van der Waals surface area contributed by atoms with Gasteiger partial charge in [0.1, 0.15) is 0 Å². The zero-order chi connectivity index (χ0) is 14.6. The molecule has 1 rings (SSSR count). The van der Waals surface area contributed by atoms with Crippen molar-refractivity contribution in [3.63, 3.8) is 0 Å². The summed E-state index contributed by atoms with van der Waals surface area (Å²) in [6, 6.07) is 7.64. The lowest BCUT2D eigenvalue weighted by Crippen LogP contribution is -2.48. The van der Waals surface area contributed by atoms with Crippen LogP contribution in [-0.2, 0) is 11.3 Å². The number of amides is 1. The number of rotatable bonds is 5. The Morgan fingerprint density at radius 1 is 1.26 bits per heavy atom. The van der Waals surface area contributed by atoms with Crippen molar-refractivity contribution in [1.29, 1.82) is 0 Å². The van der Waals surface area contributed by atoms with Crippen LogP contribution in [0.3, 0.4) is 0 Å². The van der Waals surface area contributed by atoms with Crippen LogP contribution < -0.4 is 5.73 Å². The Morgan fingerprint density at radius 2 is 1.84 bits per heavy atom. The average Bonchev–Trinajstić information content (AvgIpc) is 2.35. The van der Waals surface area contributed by atoms with Crippen molar-refractivity contribution < 1.29 is 4.79 Å². The third-order valence-corrected chi connectivity index (χ3v) is 3.98. The van der Waals surface area contributed by atoms with Crippen molar-refractivity contribution in [3.05, 3.63) is 34.3 Å². The summed E-state index contributed by atoms with van der Waals surface area (Å²) >= 11 is 3.52. The molecule has 0 aliphatic rings. The lowest BCUT2D eigenvalue weighted by Gasteiger charge is -2.31.